The maximum Gasteiger partial charge on any atom is 0.237 e. The monoisotopic (exact) mass is 327 g/mol. The highest BCUT2D eigenvalue weighted by Gasteiger charge is 2.29. The Bertz CT molecular complexity index is 495. The quantitative estimate of drug-likeness (QED) is 0.900. The maximum atomic E-state index is 12.1. The number of hydrogen-bond acceptors (Lipinski definition) is 4. The number of nitrogens with one attached hydrogen (secondary N) is 1. The average Bonchev–Trinajstić information content (AvgIpc) is 3.20. The van der Waals surface area contributed by atoms with Crippen LogP contribution in [0.3, 0.4) is 0 Å². The number of piperazine rings is 1. The van der Waals surface area contributed by atoms with E-state index in [2.05, 4.69) is 21.2 Å². The molecule has 1 atom stereocenters. The Morgan fingerprint density at radius 3 is 2.67 bits per heavy atom. The molecule has 1 aromatic heterocycles. The minimum absolute atomic E-state index is 0.0102. The number of thiophene rings is 1. The topological polar surface area (TPSA) is 35.6 Å². The zero-order valence-corrected chi connectivity index (χ0v) is 13.9. The number of amides is 1. The fraction of sp³-hybridized carbons (Fsp3) is 0.667. The number of nitrogens with zero attached hydrogens (tertiary/aromatic N) is 2. The lowest BCUT2D eigenvalue weighted by Crippen LogP contribution is -2.53. The third-order valence-corrected chi connectivity index (χ3v) is 5.48. The second-order valence-corrected chi connectivity index (χ2v) is 7.78. The van der Waals surface area contributed by atoms with Gasteiger partial charge in [0.15, 0.2) is 0 Å². The summed E-state index contributed by atoms with van der Waals surface area (Å²) in [6, 6.07) is 4.50. The van der Waals surface area contributed by atoms with Gasteiger partial charge in [0.2, 0.25) is 5.91 Å². The highest BCUT2D eigenvalue weighted by atomic mass is 35.5. The molecule has 1 saturated carbocycles. The first-order valence-electron chi connectivity index (χ1n) is 7.63. The summed E-state index contributed by atoms with van der Waals surface area (Å²) in [6.07, 6.45) is 2.30. The molecular formula is C15H22ClN3OS. The standard InChI is InChI=1S/C15H22ClN3OS/c1-11(15(20)17-12-2-3-12)19-8-6-18(7-9-19)10-13-4-5-14(16)21-13/h4-5,11-12H,2-3,6-10H2,1H3,(H,17,20)/t11-/m0/s1. The number of carbonyl (C=O) groups is 1. The molecule has 0 unspecified atom stereocenters. The molecule has 1 aliphatic carbocycles. The molecule has 0 bridgehead atoms. The van der Waals surface area contributed by atoms with Crippen LogP contribution in [0.25, 0.3) is 0 Å². The average molecular weight is 328 g/mol. The molecule has 2 aliphatic rings. The molecule has 1 aliphatic heterocycles. The van der Waals surface area contributed by atoms with Crippen molar-refractivity contribution in [3.05, 3.63) is 21.3 Å². The molecule has 1 saturated heterocycles. The van der Waals surface area contributed by atoms with Crippen molar-refractivity contribution in [3.63, 3.8) is 0 Å². The Morgan fingerprint density at radius 1 is 1.38 bits per heavy atom. The third-order valence-electron chi connectivity index (χ3n) is 4.27. The molecule has 21 heavy (non-hydrogen) atoms. The van der Waals surface area contributed by atoms with Crippen LogP contribution in [0.15, 0.2) is 12.1 Å². The van der Waals surface area contributed by atoms with Gasteiger partial charge in [-0.05, 0) is 31.9 Å². The predicted octanol–water partition coefficient (Wildman–Crippen LogP) is 2.19. The Labute approximate surface area is 135 Å². The number of halogens is 1. The highest BCUT2D eigenvalue weighted by Crippen LogP contribution is 2.23. The number of rotatable bonds is 5. The molecular weight excluding hydrogens is 306 g/mol. The van der Waals surface area contributed by atoms with Gasteiger partial charge in [-0.2, -0.15) is 0 Å². The van der Waals surface area contributed by atoms with Gasteiger partial charge in [0.05, 0.1) is 10.4 Å². The summed E-state index contributed by atoms with van der Waals surface area (Å²) >= 11 is 7.62. The molecule has 0 aromatic carbocycles. The molecule has 1 amide bonds. The van der Waals surface area contributed by atoms with Gasteiger partial charge in [-0.25, -0.2) is 0 Å². The van der Waals surface area contributed by atoms with Crippen LogP contribution >= 0.6 is 22.9 Å². The van der Waals surface area contributed by atoms with Gasteiger partial charge < -0.3 is 5.32 Å². The van der Waals surface area contributed by atoms with E-state index in [0.29, 0.717) is 6.04 Å². The highest BCUT2D eigenvalue weighted by molar-refractivity contribution is 7.16. The second-order valence-electron chi connectivity index (χ2n) is 5.98. The van der Waals surface area contributed by atoms with E-state index < -0.39 is 0 Å². The SMILES string of the molecule is C[C@@H](C(=O)NC1CC1)N1CCN(Cc2ccc(Cl)s2)CC1. The van der Waals surface area contributed by atoms with Gasteiger partial charge in [0.25, 0.3) is 0 Å². The van der Waals surface area contributed by atoms with Crippen molar-refractivity contribution in [2.75, 3.05) is 26.2 Å². The van der Waals surface area contributed by atoms with Crippen LogP contribution in [-0.4, -0.2) is 54.0 Å². The van der Waals surface area contributed by atoms with E-state index in [0.717, 1.165) is 49.9 Å². The summed E-state index contributed by atoms with van der Waals surface area (Å²) in [6.45, 7) is 6.92. The first-order chi connectivity index (χ1) is 10.1. The Morgan fingerprint density at radius 2 is 2.10 bits per heavy atom. The van der Waals surface area contributed by atoms with Gasteiger partial charge in [0.1, 0.15) is 0 Å². The van der Waals surface area contributed by atoms with Crippen molar-refractivity contribution in [1.29, 1.82) is 0 Å². The van der Waals surface area contributed by atoms with E-state index in [1.54, 1.807) is 11.3 Å². The van der Waals surface area contributed by atoms with Crippen molar-refractivity contribution in [2.45, 2.75) is 38.4 Å². The van der Waals surface area contributed by atoms with Crippen LogP contribution < -0.4 is 5.32 Å². The van der Waals surface area contributed by atoms with Crippen molar-refractivity contribution in [3.8, 4) is 0 Å². The molecule has 2 heterocycles. The molecule has 2 fully saturated rings. The smallest absolute Gasteiger partial charge is 0.237 e. The summed E-state index contributed by atoms with van der Waals surface area (Å²) in [7, 11) is 0. The molecule has 1 aromatic rings. The minimum atomic E-state index is -0.0102. The molecule has 6 heteroatoms. The Hall–Kier alpha value is -0.620. The van der Waals surface area contributed by atoms with Crippen LogP contribution in [0, 0.1) is 0 Å². The molecule has 0 radical (unpaired) electrons. The van der Waals surface area contributed by atoms with Crippen LogP contribution in [0.5, 0.6) is 0 Å². The van der Waals surface area contributed by atoms with E-state index in [1.807, 2.05) is 13.0 Å². The van der Waals surface area contributed by atoms with Gasteiger partial charge in [-0.15, -0.1) is 11.3 Å². The van der Waals surface area contributed by atoms with Crippen molar-refractivity contribution in [1.82, 2.24) is 15.1 Å². The fourth-order valence-electron chi connectivity index (χ4n) is 2.68. The van der Waals surface area contributed by atoms with E-state index in [1.165, 1.54) is 4.88 Å². The summed E-state index contributed by atoms with van der Waals surface area (Å²) in [4.78, 5) is 18.1. The first kappa shape index (κ1) is 15.3. The van der Waals surface area contributed by atoms with Gasteiger partial charge in [-0.3, -0.25) is 14.6 Å². The summed E-state index contributed by atoms with van der Waals surface area (Å²) in [5.74, 6) is 0.191. The largest absolute Gasteiger partial charge is 0.352 e. The molecule has 4 nitrogen and oxygen atoms in total. The molecule has 3 rings (SSSR count). The van der Waals surface area contributed by atoms with Crippen LogP contribution in [0.2, 0.25) is 4.34 Å². The molecule has 1 N–H and O–H groups in total. The lowest BCUT2D eigenvalue weighted by molar-refractivity contribution is -0.126. The summed E-state index contributed by atoms with van der Waals surface area (Å²) < 4.78 is 0.856. The Balaban J connectivity index is 1.44. The fourth-order valence-corrected chi connectivity index (χ4v) is 3.81. The lowest BCUT2D eigenvalue weighted by atomic mass is 10.2. The Kier molecular flexibility index (Phi) is 4.84. The van der Waals surface area contributed by atoms with E-state index >= 15 is 0 Å². The van der Waals surface area contributed by atoms with Crippen LogP contribution in [-0.2, 0) is 11.3 Å². The van der Waals surface area contributed by atoms with Gasteiger partial charge >= 0.3 is 0 Å². The zero-order valence-electron chi connectivity index (χ0n) is 12.3. The van der Waals surface area contributed by atoms with Crippen molar-refractivity contribution < 1.29 is 4.79 Å². The third kappa shape index (κ3) is 4.19. The number of carbonyl (C=O) groups excluding carboxylic acids is 1. The maximum absolute atomic E-state index is 12.1. The van der Waals surface area contributed by atoms with E-state index in [9.17, 15) is 4.79 Å². The van der Waals surface area contributed by atoms with Gasteiger partial charge in [-0.1, -0.05) is 11.6 Å². The molecule has 116 valence electrons. The van der Waals surface area contributed by atoms with Crippen LogP contribution in [0.4, 0.5) is 0 Å². The number of hydrogen-bond donors (Lipinski definition) is 1. The van der Waals surface area contributed by atoms with Crippen molar-refractivity contribution >= 4 is 28.8 Å². The van der Waals surface area contributed by atoms with Gasteiger partial charge in [0, 0.05) is 43.6 Å². The zero-order chi connectivity index (χ0) is 14.8. The summed E-state index contributed by atoms with van der Waals surface area (Å²) in [5.41, 5.74) is 0. The minimum Gasteiger partial charge on any atom is -0.352 e. The molecule has 0 spiro atoms. The summed E-state index contributed by atoms with van der Waals surface area (Å²) in [5, 5.41) is 3.10. The second kappa shape index (κ2) is 6.65. The normalized spacial score (nSPS) is 22.2. The first-order valence-corrected chi connectivity index (χ1v) is 8.82. The van der Waals surface area contributed by atoms with E-state index in [4.69, 9.17) is 11.6 Å². The van der Waals surface area contributed by atoms with E-state index in [-0.39, 0.29) is 11.9 Å². The lowest BCUT2D eigenvalue weighted by Gasteiger charge is -2.37. The predicted molar refractivity (Wildman–Crippen MR) is 86.8 cm³/mol. The van der Waals surface area contributed by atoms with Crippen molar-refractivity contribution in [2.24, 2.45) is 0 Å². The van der Waals surface area contributed by atoms with Crippen LogP contribution in [0.1, 0.15) is 24.6 Å².